The Balaban J connectivity index is 2.04. The normalized spacial score (nSPS) is 12.4. The van der Waals surface area contributed by atoms with Gasteiger partial charge in [-0.2, -0.15) is 0 Å². The Morgan fingerprint density at radius 2 is 1.74 bits per heavy atom. The first kappa shape index (κ1) is 14.0. The van der Waals surface area contributed by atoms with Gasteiger partial charge in [-0.1, -0.05) is 48.0 Å². The molecule has 0 aromatic heterocycles. The molecule has 0 bridgehead atoms. The van der Waals surface area contributed by atoms with Crippen LogP contribution in [-0.4, -0.2) is 6.04 Å². The molecule has 0 fully saturated rings. The van der Waals surface area contributed by atoms with Crippen LogP contribution in [0.5, 0.6) is 0 Å². The van der Waals surface area contributed by atoms with Crippen LogP contribution >= 0.6 is 11.6 Å². The lowest BCUT2D eigenvalue weighted by Crippen LogP contribution is -2.38. The molecule has 2 aromatic carbocycles. The fourth-order valence-corrected chi connectivity index (χ4v) is 2.16. The van der Waals surface area contributed by atoms with E-state index in [-0.39, 0.29) is 11.1 Å². The van der Waals surface area contributed by atoms with Gasteiger partial charge in [-0.25, -0.2) is 4.39 Å². The second-order valence-electron chi connectivity index (χ2n) is 4.51. The lowest BCUT2D eigenvalue weighted by molar-refractivity contribution is 0.520. The summed E-state index contributed by atoms with van der Waals surface area (Å²) in [5.41, 5.74) is 4.85. The van der Waals surface area contributed by atoms with Gasteiger partial charge in [-0.05, 0) is 36.1 Å². The topological polar surface area (TPSA) is 38.0 Å². The first-order valence-corrected chi connectivity index (χ1v) is 6.51. The molecule has 2 rings (SSSR count). The number of benzene rings is 2. The quantitative estimate of drug-likeness (QED) is 0.651. The molecule has 0 spiro atoms. The van der Waals surface area contributed by atoms with Crippen molar-refractivity contribution < 1.29 is 4.39 Å². The molecule has 0 heterocycles. The van der Waals surface area contributed by atoms with E-state index in [1.54, 1.807) is 6.07 Å². The first-order valence-electron chi connectivity index (χ1n) is 6.13. The molecule has 0 saturated heterocycles. The molecule has 0 aliphatic heterocycles. The zero-order chi connectivity index (χ0) is 13.7. The van der Waals surface area contributed by atoms with Gasteiger partial charge < -0.3 is 0 Å². The summed E-state index contributed by atoms with van der Waals surface area (Å²) < 4.78 is 13.4. The van der Waals surface area contributed by atoms with Crippen molar-refractivity contribution in [1.82, 2.24) is 5.43 Å². The summed E-state index contributed by atoms with van der Waals surface area (Å²) >= 11 is 5.67. The van der Waals surface area contributed by atoms with E-state index in [9.17, 15) is 4.39 Å². The number of nitrogens with two attached hydrogens (primary N) is 1. The standard InChI is InChI=1S/C15H16ClFN2/c16-14-7-6-12(10-15(14)17)9-13(19-18)8-11-4-2-1-3-5-11/h1-7,10,13,19H,8-9,18H2. The van der Waals surface area contributed by atoms with Crippen molar-refractivity contribution in [3.8, 4) is 0 Å². The van der Waals surface area contributed by atoms with Gasteiger partial charge in [0.05, 0.1) is 5.02 Å². The van der Waals surface area contributed by atoms with E-state index < -0.39 is 5.82 Å². The van der Waals surface area contributed by atoms with E-state index in [0.29, 0.717) is 6.42 Å². The van der Waals surface area contributed by atoms with Crippen LogP contribution in [0.15, 0.2) is 48.5 Å². The highest BCUT2D eigenvalue weighted by atomic mass is 35.5. The van der Waals surface area contributed by atoms with Crippen molar-refractivity contribution in [3.63, 3.8) is 0 Å². The Bertz CT molecular complexity index is 531. The van der Waals surface area contributed by atoms with Gasteiger partial charge in [0.15, 0.2) is 0 Å². The maximum absolute atomic E-state index is 13.4. The monoisotopic (exact) mass is 278 g/mol. The lowest BCUT2D eigenvalue weighted by atomic mass is 9.99. The van der Waals surface area contributed by atoms with E-state index in [1.165, 1.54) is 11.6 Å². The van der Waals surface area contributed by atoms with Crippen LogP contribution in [0.25, 0.3) is 0 Å². The van der Waals surface area contributed by atoms with Crippen molar-refractivity contribution >= 4 is 11.6 Å². The molecule has 0 amide bonds. The summed E-state index contributed by atoms with van der Waals surface area (Å²) in [6, 6.07) is 15.0. The van der Waals surface area contributed by atoms with Crippen molar-refractivity contribution in [2.24, 2.45) is 5.84 Å². The maximum atomic E-state index is 13.4. The van der Waals surface area contributed by atoms with Gasteiger partial charge in [0.25, 0.3) is 0 Å². The van der Waals surface area contributed by atoms with Gasteiger partial charge in [0, 0.05) is 6.04 Å². The Morgan fingerprint density at radius 1 is 1.05 bits per heavy atom. The smallest absolute Gasteiger partial charge is 0.142 e. The van der Waals surface area contributed by atoms with Crippen molar-refractivity contribution in [2.45, 2.75) is 18.9 Å². The molecule has 1 atom stereocenters. The van der Waals surface area contributed by atoms with E-state index >= 15 is 0 Å². The summed E-state index contributed by atoms with van der Waals surface area (Å²) in [7, 11) is 0. The number of hydrogen-bond donors (Lipinski definition) is 2. The average Bonchev–Trinajstić information content (AvgIpc) is 2.43. The van der Waals surface area contributed by atoms with Crippen LogP contribution in [0.4, 0.5) is 4.39 Å². The highest BCUT2D eigenvalue weighted by molar-refractivity contribution is 6.30. The van der Waals surface area contributed by atoms with Gasteiger partial charge >= 0.3 is 0 Å². The van der Waals surface area contributed by atoms with Crippen LogP contribution in [0.3, 0.4) is 0 Å². The molecule has 3 N–H and O–H groups in total. The Labute approximate surface area is 117 Å². The van der Waals surface area contributed by atoms with Crippen LogP contribution in [0, 0.1) is 5.82 Å². The van der Waals surface area contributed by atoms with Crippen molar-refractivity contribution in [3.05, 3.63) is 70.5 Å². The highest BCUT2D eigenvalue weighted by Gasteiger charge is 2.10. The third-order valence-electron chi connectivity index (χ3n) is 3.03. The van der Waals surface area contributed by atoms with Gasteiger partial charge in [-0.3, -0.25) is 11.3 Å². The van der Waals surface area contributed by atoms with Gasteiger partial charge in [0.2, 0.25) is 0 Å². The van der Waals surface area contributed by atoms with Gasteiger partial charge in [-0.15, -0.1) is 0 Å². The average molecular weight is 279 g/mol. The molecule has 2 nitrogen and oxygen atoms in total. The number of hydrazine groups is 1. The molecular formula is C15H16ClFN2. The van der Waals surface area contributed by atoms with Crippen molar-refractivity contribution in [1.29, 1.82) is 0 Å². The SMILES string of the molecule is NNC(Cc1ccccc1)Cc1ccc(Cl)c(F)c1. The summed E-state index contributed by atoms with van der Waals surface area (Å²) in [5.74, 6) is 5.17. The minimum atomic E-state index is -0.394. The fraction of sp³-hybridized carbons (Fsp3) is 0.200. The van der Waals surface area contributed by atoms with Crippen LogP contribution < -0.4 is 11.3 Å². The fourth-order valence-electron chi connectivity index (χ4n) is 2.04. The first-order chi connectivity index (χ1) is 9.19. The molecule has 0 radical (unpaired) electrons. The zero-order valence-electron chi connectivity index (χ0n) is 10.4. The molecule has 1 unspecified atom stereocenters. The second kappa shape index (κ2) is 6.66. The van der Waals surface area contributed by atoms with Crippen molar-refractivity contribution in [2.75, 3.05) is 0 Å². The third kappa shape index (κ3) is 4.03. The van der Waals surface area contributed by atoms with E-state index in [4.69, 9.17) is 17.4 Å². The number of rotatable bonds is 5. The predicted molar refractivity (Wildman–Crippen MR) is 76.4 cm³/mol. The molecule has 2 aromatic rings. The summed E-state index contributed by atoms with van der Waals surface area (Å²) in [6.45, 7) is 0. The predicted octanol–water partition coefficient (Wildman–Crippen LogP) is 3.10. The Kier molecular flexibility index (Phi) is 4.91. The maximum Gasteiger partial charge on any atom is 0.142 e. The largest absolute Gasteiger partial charge is 0.271 e. The lowest BCUT2D eigenvalue weighted by Gasteiger charge is -2.16. The molecular weight excluding hydrogens is 263 g/mol. The number of halogens is 2. The molecule has 4 heteroatoms. The summed E-state index contributed by atoms with van der Waals surface area (Å²) in [4.78, 5) is 0. The highest BCUT2D eigenvalue weighted by Crippen LogP contribution is 2.17. The minimum absolute atomic E-state index is 0.0583. The number of nitrogens with one attached hydrogen (secondary N) is 1. The third-order valence-corrected chi connectivity index (χ3v) is 3.33. The molecule has 0 aliphatic rings. The van der Waals surface area contributed by atoms with Crippen LogP contribution in [0.2, 0.25) is 5.02 Å². The summed E-state index contributed by atoms with van der Waals surface area (Å²) in [5, 5.41) is 0.143. The van der Waals surface area contributed by atoms with Crippen LogP contribution in [0.1, 0.15) is 11.1 Å². The molecule has 100 valence electrons. The van der Waals surface area contributed by atoms with E-state index in [0.717, 1.165) is 12.0 Å². The van der Waals surface area contributed by atoms with Crippen LogP contribution in [-0.2, 0) is 12.8 Å². The molecule has 19 heavy (non-hydrogen) atoms. The van der Waals surface area contributed by atoms with E-state index in [1.807, 2.05) is 36.4 Å². The molecule has 0 aliphatic carbocycles. The summed E-state index contributed by atoms with van der Waals surface area (Å²) in [6.07, 6.45) is 1.45. The molecule has 0 saturated carbocycles. The zero-order valence-corrected chi connectivity index (χ0v) is 11.2. The Morgan fingerprint density at radius 3 is 2.37 bits per heavy atom. The Hall–Kier alpha value is -1.42. The van der Waals surface area contributed by atoms with E-state index in [2.05, 4.69) is 5.43 Å². The number of hydrogen-bond acceptors (Lipinski definition) is 2. The second-order valence-corrected chi connectivity index (χ2v) is 4.91. The minimum Gasteiger partial charge on any atom is -0.271 e. The van der Waals surface area contributed by atoms with Gasteiger partial charge in [0.1, 0.15) is 5.82 Å².